The average Bonchev–Trinajstić information content (AvgIpc) is 2.29. The van der Waals surface area contributed by atoms with Crippen LogP contribution in [0.25, 0.3) is 0 Å². The molecule has 1 unspecified atom stereocenters. The fourth-order valence-corrected chi connectivity index (χ4v) is 1.52. The van der Waals surface area contributed by atoms with Gasteiger partial charge in [-0.3, -0.25) is 14.9 Å². The van der Waals surface area contributed by atoms with E-state index < -0.39 is 4.92 Å². The molecule has 1 aromatic rings. The van der Waals surface area contributed by atoms with Gasteiger partial charge in [0.15, 0.2) is 0 Å². The van der Waals surface area contributed by atoms with E-state index >= 15 is 0 Å². The molecule has 5 nitrogen and oxygen atoms in total. The molecule has 1 atom stereocenters. The largest absolute Gasteiger partial charge is 0.352 e. The van der Waals surface area contributed by atoms with Gasteiger partial charge in [0, 0.05) is 24.6 Å². The van der Waals surface area contributed by atoms with Crippen LogP contribution in [0.2, 0.25) is 0 Å². The van der Waals surface area contributed by atoms with Gasteiger partial charge in [-0.2, -0.15) is 0 Å². The summed E-state index contributed by atoms with van der Waals surface area (Å²) in [7, 11) is 0. The van der Waals surface area contributed by atoms with Gasteiger partial charge >= 0.3 is 0 Å². The molecule has 0 heterocycles. The molecule has 0 bridgehead atoms. The van der Waals surface area contributed by atoms with E-state index in [-0.39, 0.29) is 24.1 Å². The van der Waals surface area contributed by atoms with Gasteiger partial charge in [-0.1, -0.05) is 12.1 Å². The summed E-state index contributed by atoms with van der Waals surface area (Å²) in [5.74, 6) is 2.26. The summed E-state index contributed by atoms with van der Waals surface area (Å²) in [6, 6.07) is 5.93. The first kappa shape index (κ1) is 13.7. The van der Waals surface area contributed by atoms with Crippen LogP contribution < -0.4 is 5.32 Å². The van der Waals surface area contributed by atoms with Crippen molar-refractivity contribution >= 4 is 11.6 Å². The number of carbonyl (C=O) groups excluding carboxylic acids is 1. The molecule has 0 aromatic heterocycles. The van der Waals surface area contributed by atoms with E-state index in [1.807, 2.05) is 6.92 Å². The molecule has 0 saturated carbocycles. The van der Waals surface area contributed by atoms with Crippen LogP contribution in [0.3, 0.4) is 0 Å². The van der Waals surface area contributed by atoms with Crippen LogP contribution >= 0.6 is 0 Å². The minimum atomic E-state index is -0.484. The Morgan fingerprint density at radius 2 is 2.33 bits per heavy atom. The lowest BCUT2D eigenvalue weighted by Crippen LogP contribution is -2.33. The molecule has 0 radical (unpaired) electrons. The zero-order valence-corrected chi connectivity index (χ0v) is 10.1. The minimum absolute atomic E-state index is 0.0167. The van der Waals surface area contributed by atoms with Gasteiger partial charge in [0.05, 0.1) is 11.3 Å². The van der Waals surface area contributed by atoms with Crippen molar-refractivity contribution in [1.82, 2.24) is 5.32 Å². The van der Waals surface area contributed by atoms with E-state index in [1.165, 1.54) is 12.1 Å². The van der Waals surface area contributed by atoms with Crippen molar-refractivity contribution in [2.75, 3.05) is 0 Å². The number of hydrogen-bond acceptors (Lipinski definition) is 3. The van der Waals surface area contributed by atoms with Crippen molar-refractivity contribution in [2.45, 2.75) is 25.8 Å². The Balaban J connectivity index is 2.62. The third kappa shape index (κ3) is 4.26. The maximum Gasteiger partial charge on any atom is 0.269 e. The summed E-state index contributed by atoms with van der Waals surface area (Å²) in [6.45, 7) is 1.81. The van der Waals surface area contributed by atoms with E-state index in [9.17, 15) is 14.9 Å². The number of rotatable bonds is 5. The molecule has 0 aliphatic rings. The Morgan fingerprint density at radius 3 is 2.94 bits per heavy atom. The zero-order valence-electron chi connectivity index (χ0n) is 10.1. The standard InChI is InChI=1S/C13H14N2O3/c1-3-5-10(2)14-13(16)9-11-6-4-7-12(8-11)15(17)18/h1,4,6-8,10H,5,9H2,2H3,(H,14,16). The maximum absolute atomic E-state index is 11.6. The van der Waals surface area contributed by atoms with E-state index in [0.717, 1.165) is 0 Å². The predicted octanol–water partition coefficient (Wildman–Crippen LogP) is 1.67. The molecule has 1 N–H and O–H groups in total. The van der Waals surface area contributed by atoms with Gasteiger partial charge in [-0.15, -0.1) is 12.3 Å². The summed E-state index contributed by atoms with van der Waals surface area (Å²) in [5.41, 5.74) is 0.589. The molecule has 0 saturated heterocycles. The van der Waals surface area contributed by atoms with E-state index in [0.29, 0.717) is 12.0 Å². The normalized spacial score (nSPS) is 11.3. The Hall–Kier alpha value is -2.35. The van der Waals surface area contributed by atoms with E-state index in [4.69, 9.17) is 6.42 Å². The lowest BCUT2D eigenvalue weighted by atomic mass is 10.1. The summed E-state index contributed by atoms with van der Waals surface area (Å²) in [4.78, 5) is 21.7. The molecular formula is C13H14N2O3. The number of nitro groups is 1. The highest BCUT2D eigenvalue weighted by Crippen LogP contribution is 2.13. The fourth-order valence-electron chi connectivity index (χ4n) is 1.52. The number of nitrogens with one attached hydrogen (secondary N) is 1. The highest BCUT2D eigenvalue weighted by Gasteiger charge is 2.10. The van der Waals surface area contributed by atoms with Crippen LogP contribution in [-0.4, -0.2) is 16.9 Å². The maximum atomic E-state index is 11.6. The topological polar surface area (TPSA) is 72.2 Å². The predicted molar refractivity (Wildman–Crippen MR) is 67.9 cm³/mol. The molecular weight excluding hydrogens is 232 g/mol. The van der Waals surface area contributed by atoms with Gasteiger partial charge in [0.2, 0.25) is 5.91 Å². The van der Waals surface area contributed by atoms with Crippen molar-refractivity contribution in [1.29, 1.82) is 0 Å². The third-order valence-corrected chi connectivity index (χ3v) is 2.32. The number of nitrogens with zero attached hydrogens (tertiary/aromatic N) is 1. The second-order valence-corrected chi connectivity index (χ2v) is 3.98. The summed E-state index contributed by atoms with van der Waals surface area (Å²) < 4.78 is 0. The third-order valence-electron chi connectivity index (χ3n) is 2.32. The molecule has 1 aromatic carbocycles. The zero-order chi connectivity index (χ0) is 13.5. The van der Waals surface area contributed by atoms with Crippen LogP contribution in [0.5, 0.6) is 0 Å². The SMILES string of the molecule is C#CCC(C)NC(=O)Cc1cccc([N+](=O)[O-])c1. The molecule has 0 aliphatic heterocycles. The molecule has 0 fully saturated rings. The summed E-state index contributed by atoms with van der Waals surface area (Å²) >= 11 is 0. The van der Waals surface area contributed by atoms with Gasteiger partial charge in [-0.25, -0.2) is 0 Å². The van der Waals surface area contributed by atoms with Crippen molar-refractivity contribution in [2.24, 2.45) is 0 Å². The van der Waals surface area contributed by atoms with Crippen molar-refractivity contribution in [3.63, 3.8) is 0 Å². The van der Waals surface area contributed by atoms with Crippen molar-refractivity contribution in [3.8, 4) is 12.3 Å². The molecule has 18 heavy (non-hydrogen) atoms. The number of non-ortho nitro benzene ring substituents is 1. The first-order chi connectivity index (χ1) is 8.52. The molecule has 94 valence electrons. The van der Waals surface area contributed by atoms with Crippen LogP contribution in [0.1, 0.15) is 18.9 Å². The molecule has 0 spiro atoms. The smallest absolute Gasteiger partial charge is 0.269 e. The Morgan fingerprint density at radius 1 is 1.61 bits per heavy atom. The quantitative estimate of drug-likeness (QED) is 0.488. The lowest BCUT2D eigenvalue weighted by molar-refractivity contribution is -0.384. The Kier molecular flexibility index (Phi) is 4.88. The van der Waals surface area contributed by atoms with Crippen molar-refractivity contribution < 1.29 is 9.72 Å². The van der Waals surface area contributed by atoms with Gasteiger partial charge < -0.3 is 5.32 Å². The number of benzene rings is 1. The second-order valence-electron chi connectivity index (χ2n) is 3.98. The van der Waals surface area contributed by atoms with Crippen LogP contribution in [-0.2, 0) is 11.2 Å². The first-order valence-corrected chi connectivity index (χ1v) is 5.49. The number of hydrogen-bond donors (Lipinski definition) is 1. The van der Waals surface area contributed by atoms with Gasteiger partial charge in [-0.05, 0) is 12.5 Å². The second kappa shape index (κ2) is 6.40. The lowest BCUT2D eigenvalue weighted by Gasteiger charge is -2.10. The molecule has 5 heteroatoms. The summed E-state index contributed by atoms with van der Waals surface area (Å²) in [5, 5.41) is 13.3. The van der Waals surface area contributed by atoms with Crippen LogP contribution in [0, 0.1) is 22.5 Å². The van der Waals surface area contributed by atoms with Gasteiger partial charge in [0.1, 0.15) is 0 Å². The first-order valence-electron chi connectivity index (χ1n) is 5.49. The van der Waals surface area contributed by atoms with E-state index in [1.54, 1.807) is 12.1 Å². The number of terminal acetylenes is 1. The van der Waals surface area contributed by atoms with Gasteiger partial charge in [0.25, 0.3) is 5.69 Å². The summed E-state index contributed by atoms with van der Waals surface area (Å²) in [6.07, 6.45) is 5.70. The fraction of sp³-hybridized carbons (Fsp3) is 0.308. The molecule has 1 amide bonds. The number of amides is 1. The number of nitro benzene ring substituents is 1. The average molecular weight is 246 g/mol. The van der Waals surface area contributed by atoms with Crippen molar-refractivity contribution in [3.05, 3.63) is 39.9 Å². The van der Waals surface area contributed by atoms with Crippen LogP contribution in [0.4, 0.5) is 5.69 Å². The number of carbonyl (C=O) groups is 1. The monoisotopic (exact) mass is 246 g/mol. The highest BCUT2D eigenvalue weighted by molar-refractivity contribution is 5.79. The highest BCUT2D eigenvalue weighted by atomic mass is 16.6. The molecule has 1 rings (SSSR count). The minimum Gasteiger partial charge on any atom is -0.352 e. The van der Waals surface area contributed by atoms with E-state index in [2.05, 4.69) is 11.2 Å². The van der Waals surface area contributed by atoms with Crippen LogP contribution in [0.15, 0.2) is 24.3 Å². The molecule has 0 aliphatic carbocycles. The Labute approximate surface area is 105 Å². The Bertz CT molecular complexity index is 491.